The van der Waals surface area contributed by atoms with Gasteiger partial charge in [0, 0.05) is 35.3 Å². The molecule has 1 amide bonds. The highest BCUT2D eigenvalue weighted by molar-refractivity contribution is 6.00. The average molecular weight is 321 g/mol. The number of carbonyl (C=O) groups excluding carboxylic acids is 1. The Bertz CT molecular complexity index is 959. The zero-order valence-corrected chi connectivity index (χ0v) is 13.0. The third kappa shape index (κ3) is 2.48. The number of hydrazone groups is 1. The first-order valence-corrected chi connectivity index (χ1v) is 7.49. The van der Waals surface area contributed by atoms with E-state index < -0.39 is 0 Å². The third-order valence-electron chi connectivity index (χ3n) is 3.93. The van der Waals surface area contributed by atoms with Crippen LogP contribution in [0.1, 0.15) is 15.9 Å². The molecule has 0 fully saturated rings. The molecule has 120 valence electrons. The number of hydrogen-bond acceptors (Lipinski definition) is 4. The van der Waals surface area contributed by atoms with Crippen LogP contribution in [-0.4, -0.2) is 23.5 Å². The minimum atomic E-state index is -0.301. The van der Waals surface area contributed by atoms with Gasteiger partial charge in [-0.15, -0.1) is 0 Å². The maximum absolute atomic E-state index is 12.2. The fraction of sp³-hybridized carbons (Fsp3) is 0.111. The summed E-state index contributed by atoms with van der Waals surface area (Å²) in [6.07, 6.45) is 3.62. The van der Waals surface area contributed by atoms with Gasteiger partial charge in [0.2, 0.25) is 6.79 Å². The van der Waals surface area contributed by atoms with E-state index in [-0.39, 0.29) is 12.7 Å². The molecule has 0 saturated heterocycles. The highest BCUT2D eigenvalue weighted by Crippen LogP contribution is 2.32. The topological polar surface area (TPSA) is 64.9 Å². The Labute approximate surface area is 138 Å². The standard InChI is InChI=1S/C18H15N3O3/c1-21-10-13(14-4-2-3-5-15(14)21)9-19-20-18(22)12-6-7-16-17(8-12)24-11-23-16/h2-10H,11H2,1H3,(H,20,22)/b19-9-. The lowest BCUT2D eigenvalue weighted by molar-refractivity contribution is 0.0954. The van der Waals surface area contributed by atoms with Crippen LogP contribution in [0.2, 0.25) is 0 Å². The lowest BCUT2D eigenvalue weighted by Gasteiger charge is -2.01. The summed E-state index contributed by atoms with van der Waals surface area (Å²) < 4.78 is 12.5. The van der Waals surface area contributed by atoms with E-state index in [1.165, 1.54) is 0 Å². The first kappa shape index (κ1) is 14.3. The molecule has 1 aromatic heterocycles. The monoisotopic (exact) mass is 321 g/mol. The second-order valence-corrected chi connectivity index (χ2v) is 5.48. The molecule has 1 aliphatic rings. The molecular formula is C18H15N3O3. The molecule has 2 aromatic carbocycles. The van der Waals surface area contributed by atoms with Crippen molar-refractivity contribution in [3.8, 4) is 11.5 Å². The van der Waals surface area contributed by atoms with Gasteiger partial charge in [-0.1, -0.05) is 18.2 Å². The normalized spacial score (nSPS) is 12.9. The molecule has 0 atom stereocenters. The van der Waals surface area contributed by atoms with Gasteiger partial charge in [0.1, 0.15) is 0 Å². The van der Waals surface area contributed by atoms with Gasteiger partial charge in [-0.05, 0) is 24.3 Å². The second kappa shape index (κ2) is 5.73. The Morgan fingerprint density at radius 3 is 2.96 bits per heavy atom. The van der Waals surface area contributed by atoms with E-state index in [1.54, 1.807) is 24.4 Å². The minimum absolute atomic E-state index is 0.180. The number of ether oxygens (including phenoxy) is 2. The maximum atomic E-state index is 12.2. The van der Waals surface area contributed by atoms with E-state index in [2.05, 4.69) is 10.5 Å². The Morgan fingerprint density at radius 2 is 2.04 bits per heavy atom. The quantitative estimate of drug-likeness (QED) is 0.596. The molecule has 2 heterocycles. The van der Waals surface area contributed by atoms with Crippen molar-refractivity contribution < 1.29 is 14.3 Å². The molecule has 0 saturated carbocycles. The molecule has 1 N–H and O–H groups in total. The number of aryl methyl sites for hydroxylation is 1. The zero-order valence-electron chi connectivity index (χ0n) is 13.0. The molecule has 0 aliphatic carbocycles. The van der Waals surface area contributed by atoms with Gasteiger partial charge in [-0.25, -0.2) is 5.43 Å². The van der Waals surface area contributed by atoms with Gasteiger partial charge in [0.25, 0.3) is 5.91 Å². The predicted molar refractivity (Wildman–Crippen MR) is 90.5 cm³/mol. The summed E-state index contributed by atoms with van der Waals surface area (Å²) >= 11 is 0. The van der Waals surface area contributed by atoms with Crippen molar-refractivity contribution in [2.75, 3.05) is 6.79 Å². The van der Waals surface area contributed by atoms with Gasteiger partial charge in [0.05, 0.1) is 6.21 Å². The SMILES string of the molecule is Cn1cc(/C=N\NC(=O)c2ccc3c(c2)OCO3)c2ccccc21. The number of amides is 1. The molecule has 3 aromatic rings. The third-order valence-corrected chi connectivity index (χ3v) is 3.93. The van der Waals surface area contributed by atoms with Crippen molar-refractivity contribution >= 4 is 23.0 Å². The number of nitrogens with zero attached hydrogens (tertiary/aromatic N) is 2. The van der Waals surface area contributed by atoms with E-state index in [0.717, 1.165) is 16.5 Å². The van der Waals surface area contributed by atoms with Crippen molar-refractivity contribution in [1.82, 2.24) is 9.99 Å². The minimum Gasteiger partial charge on any atom is -0.454 e. The van der Waals surface area contributed by atoms with Gasteiger partial charge in [0.15, 0.2) is 11.5 Å². The molecule has 0 bridgehead atoms. The summed E-state index contributed by atoms with van der Waals surface area (Å²) in [5, 5.41) is 5.15. The Morgan fingerprint density at radius 1 is 1.21 bits per heavy atom. The molecule has 6 nitrogen and oxygen atoms in total. The van der Waals surface area contributed by atoms with Crippen LogP contribution < -0.4 is 14.9 Å². The van der Waals surface area contributed by atoms with Crippen molar-refractivity contribution in [2.45, 2.75) is 0 Å². The van der Waals surface area contributed by atoms with Crippen molar-refractivity contribution in [2.24, 2.45) is 12.1 Å². The summed E-state index contributed by atoms with van der Waals surface area (Å²) in [4.78, 5) is 12.2. The molecular weight excluding hydrogens is 306 g/mol. The molecule has 1 aliphatic heterocycles. The predicted octanol–water partition coefficient (Wildman–Crippen LogP) is 2.67. The number of para-hydroxylation sites is 1. The average Bonchev–Trinajstić information content (AvgIpc) is 3.19. The summed E-state index contributed by atoms with van der Waals surface area (Å²) in [5.41, 5.74) is 5.06. The Kier molecular flexibility index (Phi) is 3.42. The van der Waals surface area contributed by atoms with E-state index >= 15 is 0 Å². The molecule has 0 spiro atoms. The first-order chi connectivity index (χ1) is 11.7. The lowest BCUT2D eigenvalue weighted by atomic mass is 10.2. The van der Waals surface area contributed by atoms with Gasteiger partial charge >= 0.3 is 0 Å². The molecule has 0 radical (unpaired) electrons. The summed E-state index contributed by atoms with van der Waals surface area (Å²) in [7, 11) is 1.98. The van der Waals surface area contributed by atoms with Crippen LogP contribution in [0.4, 0.5) is 0 Å². The van der Waals surface area contributed by atoms with Crippen molar-refractivity contribution in [1.29, 1.82) is 0 Å². The van der Waals surface area contributed by atoms with Crippen LogP contribution in [0, 0.1) is 0 Å². The smallest absolute Gasteiger partial charge is 0.271 e. The van der Waals surface area contributed by atoms with E-state index in [1.807, 2.05) is 42.1 Å². The van der Waals surface area contributed by atoms with Crippen LogP contribution in [-0.2, 0) is 7.05 Å². The number of aromatic nitrogens is 1. The van der Waals surface area contributed by atoms with E-state index in [0.29, 0.717) is 17.1 Å². The molecule has 0 unspecified atom stereocenters. The van der Waals surface area contributed by atoms with Crippen LogP contribution in [0.5, 0.6) is 11.5 Å². The summed E-state index contributed by atoms with van der Waals surface area (Å²) in [5.74, 6) is 0.913. The molecule has 4 rings (SSSR count). The van der Waals surface area contributed by atoms with E-state index in [4.69, 9.17) is 9.47 Å². The van der Waals surface area contributed by atoms with Crippen molar-refractivity contribution in [3.05, 3.63) is 59.8 Å². The number of benzene rings is 2. The van der Waals surface area contributed by atoms with Crippen LogP contribution in [0.25, 0.3) is 10.9 Å². The first-order valence-electron chi connectivity index (χ1n) is 7.49. The van der Waals surface area contributed by atoms with E-state index in [9.17, 15) is 4.79 Å². The lowest BCUT2D eigenvalue weighted by Crippen LogP contribution is -2.17. The fourth-order valence-corrected chi connectivity index (χ4v) is 2.74. The van der Waals surface area contributed by atoms with Gasteiger partial charge < -0.3 is 14.0 Å². The number of rotatable bonds is 3. The number of hydrogen-bond donors (Lipinski definition) is 1. The molecule has 24 heavy (non-hydrogen) atoms. The second-order valence-electron chi connectivity index (χ2n) is 5.48. The number of carbonyl (C=O) groups is 1. The van der Waals surface area contributed by atoms with Gasteiger partial charge in [-0.2, -0.15) is 5.10 Å². The Hall–Kier alpha value is -3.28. The summed E-state index contributed by atoms with van der Waals surface area (Å²) in [6, 6.07) is 13.1. The highest BCUT2D eigenvalue weighted by Gasteiger charge is 2.15. The highest BCUT2D eigenvalue weighted by atomic mass is 16.7. The van der Waals surface area contributed by atoms with Crippen LogP contribution >= 0.6 is 0 Å². The maximum Gasteiger partial charge on any atom is 0.271 e. The number of fused-ring (bicyclic) bond motifs is 2. The van der Waals surface area contributed by atoms with Gasteiger partial charge in [-0.3, -0.25) is 4.79 Å². The van der Waals surface area contributed by atoms with Crippen molar-refractivity contribution in [3.63, 3.8) is 0 Å². The number of nitrogens with one attached hydrogen (secondary N) is 1. The Balaban J connectivity index is 1.51. The van der Waals surface area contributed by atoms with Crippen LogP contribution in [0.3, 0.4) is 0 Å². The zero-order chi connectivity index (χ0) is 16.5. The summed E-state index contributed by atoms with van der Waals surface area (Å²) in [6.45, 7) is 0.180. The molecule has 6 heteroatoms. The van der Waals surface area contributed by atoms with Crippen LogP contribution in [0.15, 0.2) is 53.8 Å². The largest absolute Gasteiger partial charge is 0.454 e. The fourth-order valence-electron chi connectivity index (χ4n) is 2.74.